The lowest BCUT2D eigenvalue weighted by atomic mass is 10.1. The van der Waals surface area contributed by atoms with Gasteiger partial charge in [0.25, 0.3) is 5.91 Å². The number of hydrogen-bond acceptors (Lipinski definition) is 5. The lowest BCUT2D eigenvalue weighted by molar-refractivity contribution is -0.0502. The van der Waals surface area contributed by atoms with Gasteiger partial charge in [0, 0.05) is 29.3 Å². The number of amides is 1. The van der Waals surface area contributed by atoms with Gasteiger partial charge in [-0.1, -0.05) is 6.07 Å². The van der Waals surface area contributed by atoms with Crippen LogP contribution in [-0.4, -0.2) is 22.5 Å². The van der Waals surface area contributed by atoms with Crippen molar-refractivity contribution in [2.45, 2.75) is 13.5 Å². The summed E-state index contributed by atoms with van der Waals surface area (Å²) in [6.45, 7) is -1.27. The second kappa shape index (κ2) is 8.22. The van der Waals surface area contributed by atoms with E-state index < -0.39 is 6.61 Å². The number of halogens is 2. The Balaban J connectivity index is 1.71. The molecule has 0 saturated heterocycles. The van der Waals surface area contributed by atoms with Crippen LogP contribution in [0.4, 0.5) is 26.1 Å². The average molecular weight is 370 g/mol. The quantitative estimate of drug-likeness (QED) is 0.673. The Kier molecular flexibility index (Phi) is 5.55. The SMILES string of the molecule is Cc1cc(NC(=O)c2cccc(Nc3ncccn3)c2)ccc1OC(F)F. The summed E-state index contributed by atoms with van der Waals surface area (Å²) in [6, 6.07) is 13.0. The molecule has 0 unspecified atom stereocenters. The minimum Gasteiger partial charge on any atom is -0.435 e. The summed E-state index contributed by atoms with van der Waals surface area (Å²) in [4.78, 5) is 20.6. The number of hydrogen-bond donors (Lipinski definition) is 2. The molecule has 0 saturated carbocycles. The standard InChI is InChI=1S/C19H16F2N4O2/c1-12-10-15(6-7-16(12)27-18(20)21)24-17(26)13-4-2-5-14(11-13)25-19-22-8-3-9-23-19/h2-11,18H,1H3,(H,24,26)(H,22,23,25). The first kappa shape index (κ1) is 18.2. The first-order valence-corrected chi connectivity index (χ1v) is 8.02. The number of alkyl halides is 2. The molecule has 6 nitrogen and oxygen atoms in total. The first-order chi connectivity index (χ1) is 13.0. The third-order valence-electron chi connectivity index (χ3n) is 3.60. The van der Waals surface area contributed by atoms with Crippen LogP contribution in [0.1, 0.15) is 15.9 Å². The Labute approximate surface area is 154 Å². The van der Waals surface area contributed by atoms with Crippen LogP contribution in [0.2, 0.25) is 0 Å². The van der Waals surface area contributed by atoms with E-state index in [0.717, 1.165) is 0 Å². The van der Waals surface area contributed by atoms with Crippen LogP contribution in [-0.2, 0) is 0 Å². The van der Waals surface area contributed by atoms with Gasteiger partial charge in [0.1, 0.15) is 5.75 Å². The minimum absolute atomic E-state index is 0.0667. The highest BCUT2D eigenvalue weighted by molar-refractivity contribution is 6.04. The van der Waals surface area contributed by atoms with Crippen molar-refractivity contribution in [3.63, 3.8) is 0 Å². The molecule has 2 N–H and O–H groups in total. The highest BCUT2D eigenvalue weighted by atomic mass is 19.3. The van der Waals surface area contributed by atoms with E-state index in [-0.39, 0.29) is 11.7 Å². The number of aromatic nitrogens is 2. The van der Waals surface area contributed by atoms with Crippen molar-refractivity contribution in [1.82, 2.24) is 9.97 Å². The molecule has 0 aliphatic rings. The van der Waals surface area contributed by atoms with Crippen molar-refractivity contribution >= 4 is 23.2 Å². The van der Waals surface area contributed by atoms with Gasteiger partial charge in [-0.15, -0.1) is 0 Å². The molecule has 138 valence electrons. The predicted octanol–water partition coefficient (Wildman–Crippen LogP) is 4.38. The number of ether oxygens (including phenoxy) is 1. The Morgan fingerprint density at radius 2 is 1.81 bits per heavy atom. The molecule has 1 amide bonds. The number of carbonyl (C=O) groups excluding carboxylic acids is 1. The lowest BCUT2D eigenvalue weighted by Gasteiger charge is -2.11. The summed E-state index contributed by atoms with van der Waals surface area (Å²) >= 11 is 0. The van der Waals surface area contributed by atoms with Crippen LogP contribution >= 0.6 is 0 Å². The van der Waals surface area contributed by atoms with Gasteiger partial charge in [0.15, 0.2) is 0 Å². The molecule has 0 aliphatic heterocycles. The third kappa shape index (κ3) is 4.97. The van der Waals surface area contributed by atoms with Gasteiger partial charge < -0.3 is 15.4 Å². The molecule has 0 aliphatic carbocycles. The summed E-state index contributed by atoms with van der Waals surface area (Å²) < 4.78 is 29.0. The van der Waals surface area contributed by atoms with Crippen molar-refractivity contribution in [2.24, 2.45) is 0 Å². The predicted molar refractivity (Wildman–Crippen MR) is 97.5 cm³/mol. The molecular formula is C19H16F2N4O2. The van der Waals surface area contributed by atoms with Gasteiger partial charge in [0.2, 0.25) is 5.95 Å². The fourth-order valence-electron chi connectivity index (χ4n) is 2.39. The molecule has 3 aromatic rings. The zero-order valence-electron chi connectivity index (χ0n) is 14.3. The molecule has 0 fully saturated rings. The van der Waals surface area contributed by atoms with Crippen LogP contribution in [0.3, 0.4) is 0 Å². The van der Waals surface area contributed by atoms with E-state index in [1.807, 2.05) is 0 Å². The molecule has 3 rings (SSSR count). The van der Waals surface area contributed by atoms with Gasteiger partial charge in [-0.3, -0.25) is 4.79 Å². The largest absolute Gasteiger partial charge is 0.435 e. The zero-order chi connectivity index (χ0) is 19.2. The number of anilines is 3. The fraction of sp³-hybridized carbons (Fsp3) is 0.105. The molecule has 0 radical (unpaired) electrons. The van der Waals surface area contributed by atoms with Crippen molar-refractivity contribution in [2.75, 3.05) is 10.6 Å². The van der Waals surface area contributed by atoms with E-state index >= 15 is 0 Å². The molecule has 27 heavy (non-hydrogen) atoms. The Bertz CT molecular complexity index is 936. The third-order valence-corrected chi connectivity index (χ3v) is 3.60. The number of nitrogens with one attached hydrogen (secondary N) is 2. The van der Waals surface area contributed by atoms with Crippen LogP contribution in [0.15, 0.2) is 60.9 Å². The maximum atomic E-state index is 12.5. The molecule has 8 heteroatoms. The monoisotopic (exact) mass is 370 g/mol. The smallest absolute Gasteiger partial charge is 0.387 e. The highest BCUT2D eigenvalue weighted by Crippen LogP contribution is 2.24. The highest BCUT2D eigenvalue weighted by Gasteiger charge is 2.11. The van der Waals surface area contributed by atoms with Gasteiger partial charge in [-0.05, 0) is 55.0 Å². The van der Waals surface area contributed by atoms with E-state index in [0.29, 0.717) is 28.5 Å². The van der Waals surface area contributed by atoms with Crippen LogP contribution < -0.4 is 15.4 Å². The topological polar surface area (TPSA) is 76.1 Å². The summed E-state index contributed by atoms with van der Waals surface area (Å²) in [5, 5.41) is 5.74. The molecule has 0 bridgehead atoms. The maximum absolute atomic E-state index is 12.5. The van der Waals surface area contributed by atoms with E-state index in [1.54, 1.807) is 55.7 Å². The fourth-order valence-corrected chi connectivity index (χ4v) is 2.39. The summed E-state index contributed by atoms with van der Waals surface area (Å²) in [5.41, 5.74) is 2.04. The summed E-state index contributed by atoms with van der Waals surface area (Å²) in [7, 11) is 0. The number of benzene rings is 2. The number of nitrogens with zero attached hydrogens (tertiary/aromatic N) is 2. The molecular weight excluding hydrogens is 354 g/mol. The second-order valence-electron chi connectivity index (χ2n) is 5.59. The van der Waals surface area contributed by atoms with Crippen LogP contribution in [0, 0.1) is 6.92 Å². The van der Waals surface area contributed by atoms with E-state index in [2.05, 4.69) is 25.3 Å². The number of aryl methyl sites for hydroxylation is 1. The van der Waals surface area contributed by atoms with Crippen molar-refractivity contribution < 1.29 is 18.3 Å². The molecule has 1 heterocycles. The molecule has 2 aromatic carbocycles. The normalized spacial score (nSPS) is 10.5. The van der Waals surface area contributed by atoms with Gasteiger partial charge >= 0.3 is 6.61 Å². The number of carbonyl (C=O) groups is 1. The Hall–Kier alpha value is -3.55. The lowest BCUT2D eigenvalue weighted by Crippen LogP contribution is -2.12. The zero-order valence-corrected chi connectivity index (χ0v) is 14.3. The molecule has 1 aromatic heterocycles. The van der Waals surface area contributed by atoms with Crippen LogP contribution in [0.25, 0.3) is 0 Å². The van der Waals surface area contributed by atoms with E-state index in [1.165, 1.54) is 12.1 Å². The van der Waals surface area contributed by atoms with E-state index in [9.17, 15) is 13.6 Å². The minimum atomic E-state index is -2.90. The van der Waals surface area contributed by atoms with Crippen LogP contribution in [0.5, 0.6) is 5.75 Å². The number of rotatable bonds is 6. The Morgan fingerprint density at radius 3 is 2.52 bits per heavy atom. The van der Waals surface area contributed by atoms with Gasteiger partial charge in [-0.2, -0.15) is 8.78 Å². The molecule has 0 spiro atoms. The average Bonchev–Trinajstić information content (AvgIpc) is 2.65. The van der Waals surface area contributed by atoms with Crippen molar-refractivity contribution in [1.29, 1.82) is 0 Å². The Morgan fingerprint density at radius 1 is 1.04 bits per heavy atom. The van der Waals surface area contributed by atoms with Gasteiger partial charge in [-0.25, -0.2) is 9.97 Å². The summed E-state index contributed by atoms with van der Waals surface area (Å²) in [6.07, 6.45) is 3.21. The van der Waals surface area contributed by atoms with Gasteiger partial charge in [0.05, 0.1) is 0 Å². The first-order valence-electron chi connectivity index (χ1n) is 8.02. The maximum Gasteiger partial charge on any atom is 0.387 e. The van der Waals surface area contributed by atoms with Crippen molar-refractivity contribution in [3.8, 4) is 5.75 Å². The van der Waals surface area contributed by atoms with Crippen molar-refractivity contribution in [3.05, 3.63) is 72.1 Å². The van der Waals surface area contributed by atoms with E-state index in [4.69, 9.17) is 0 Å². The second-order valence-corrected chi connectivity index (χ2v) is 5.59. The molecule has 0 atom stereocenters. The summed E-state index contributed by atoms with van der Waals surface area (Å²) in [5.74, 6) is 0.145.